The summed E-state index contributed by atoms with van der Waals surface area (Å²) in [6, 6.07) is 18.0. The zero-order valence-corrected chi connectivity index (χ0v) is 23.2. The number of alkyl halides is 3. The number of ether oxygens (including phenoxy) is 2. The number of carbonyl (C=O) groups is 1. The van der Waals surface area contributed by atoms with Crippen molar-refractivity contribution in [1.29, 1.82) is 0 Å². The summed E-state index contributed by atoms with van der Waals surface area (Å²) in [5, 5.41) is 0. The standard InChI is InChI=1S/C31H32F4N4O3/c1-2-3-9-30(40)38-16-14-37(15-17-38)27-19-28-26(18-25(27)32)36-29(21-41-23-7-5-4-6-8-23)39(28)20-22-10-12-24(13-11-22)42-31(33,34)35/h4-8,10-13,18-19H,2-3,9,14-17,20-21H2,1H3. The molecule has 1 amide bonds. The van der Waals surface area contributed by atoms with Crippen molar-refractivity contribution in [3.05, 3.63) is 83.9 Å². The molecule has 1 aliphatic heterocycles. The molecule has 0 aliphatic carbocycles. The maximum absolute atomic E-state index is 15.4. The van der Waals surface area contributed by atoms with Crippen LogP contribution in [-0.4, -0.2) is 52.9 Å². The van der Waals surface area contributed by atoms with Crippen molar-refractivity contribution in [2.24, 2.45) is 0 Å². The summed E-state index contributed by atoms with van der Waals surface area (Å²) < 4.78 is 65.1. The number of benzene rings is 3. The van der Waals surface area contributed by atoms with E-state index in [1.54, 1.807) is 18.2 Å². The third-order valence-corrected chi connectivity index (χ3v) is 7.22. The van der Waals surface area contributed by atoms with Gasteiger partial charge in [0.25, 0.3) is 0 Å². The lowest BCUT2D eigenvalue weighted by Gasteiger charge is -2.36. The fraction of sp³-hybridized carbons (Fsp3) is 0.355. The highest BCUT2D eigenvalue weighted by Gasteiger charge is 2.31. The number of nitrogens with zero attached hydrogens (tertiary/aromatic N) is 4. The van der Waals surface area contributed by atoms with Crippen LogP contribution in [0.3, 0.4) is 0 Å². The third-order valence-electron chi connectivity index (χ3n) is 7.22. The van der Waals surface area contributed by atoms with Crippen molar-refractivity contribution in [2.75, 3.05) is 31.1 Å². The number of imidazole rings is 1. The summed E-state index contributed by atoms with van der Waals surface area (Å²) >= 11 is 0. The molecule has 3 aromatic carbocycles. The summed E-state index contributed by atoms with van der Waals surface area (Å²) in [5.41, 5.74) is 2.21. The molecule has 0 radical (unpaired) electrons. The van der Waals surface area contributed by atoms with Gasteiger partial charge in [-0.05, 0) is 42.3 Å². The lowest BCUT2D eigenvalue weighted by molar-refractivity contribution is -0.274. The number of hydrogen-bond donors (Lipinski definition) is 0. The number of anilines is 1. The van der Waals surface area contributed by atoms with E-state index in [1.807, 2.05) is 51.6 Å². The van der Waals surface area contributed by atoms with Gasteiger partial charge in [-0.1, -0.05) is 43.7 Å². The highest BCUT2D eigenvalue weighted by atomic mass is 19.4. The maximum atomic E-state index is 15.4. The Morgan fingerprint density at radius 1 is 0.952 bits per heavy atom. The first kappa shape index (κ1) is 29.2. The van der Waals surface area contributed by atoms with E-state index in [9.17, 15) is 18.0 Å². The van der Waals surface area contributed by atoms with Crippen LogP contribution in [0.2, 0.25) is 0 Å². The number of halogens is 4. The number of aromatic nitrogens is 2. The molecule has 1 saturated heterocycles. The van der Waals surface area contributed by atoms with Crippen molar-refractivity contribution in [2.45, 2.75) is 45.7 Å². The van der Waals surface area contributed by atoms with E-state index in [-0.39, 0.29) is 24.8 Å². The molecule has 42 heavy (non-hydrogen) atoms. The SMILES string of the molecule is CCCCC(=O)N1CCN(c2cc3c(cc2F)nc(COc2ccccc2)n3Cc2ccc(OC(F)(F)F)cc2)CC1. The average molecular weight is 585 g/mol. The van der Waals surface area contributed by atoms with Crippen molar-refractivity contribution in [3.8, 4) is 11.5 Å². The van der Waals surface area contributed by atoms with Crippen molar-refractivity contribution >= 4 is 22.6 Å². The van der Waals surface area contributed by atoms with E-state index in [0.717, 1.165) is 12.8 Å². The molecule has 1 fully saturated rings. The van der Waals surface area contributed by atoms with E-state index in [1.165, 1.54) is 18.2 Å². The number of para-hydroxylation sites is 1. The molecule has 2 heterocycles. The van der Waals surface area contributed by atoms with E-state index in [2.05, 4.69) is 9.72 Å². The third kappa shape index (κ3) is 7.13. The van der Waals surface area contributed by atoms with Crippen LogP contribution in [0.25, 0.3) is 11.0 Å². The number of hydrogen-bond acceptors (Lipinski definition) is 5. The van der Waals surface area contributed by atoms with Gasteiger partial charge in [0.1, 0.15) is 29.7 Å². The zero-order valence-electron chi connectivity index (χ0n) is 23.2. The lowest BCUT2D eigenvalue weighted by Crippen LogP contribution is -2.49. The van der Waals surface area contributed by atoms with Crippen LogP contribution in [0.1, 0.15) is 37.6 Å². The normalized spacial score (nSPS) is 13.9. The second-order valence-electron chi connectivity index (χ2n) is 10.2. The van der Waals surface area contributed by atoms with Crippen LogP contribution >= 0.6 is 0 Å². The number of amides is 1. The second-order valence-corrected chi connectivity index (χ2v) is 10.2. The highest BCUT2D eigenvalue weighted by molar-refractivity contribution is 5.81. The predicted octanol–water partition coefficient (Wildman–Crippen LogP) is 6.54. The van der Waals surface area contributed by atoms with Crippen LogP contribution in [0.5, 0.6) is 11.5 Å². The van der Waals surface area contributed by atoms with Gasteiger partial charge in [-0.25, -0.2) is 9.37 Å². The molecule has 4 aromatic rings. The van der Waals surface area contributed by atoms with E-state index >= 15 is 4.39 Å². The highest BCUT2D eigenvalue weighted by Crippen LogP contribution is 2.30. The summed E-state index contributed by atoms with van der Waals surface area (Å²) in [4.78, 5) is 20.9. The Bertz CT molecular complexity index is 1500. The molecule has 0 saturated carbocycles. The Hall–Kier alpha value is -4.28. The van der Waals surface area contributed by atoms with Gasteiger partial charge in [0.2, 0.25) is 5.91 Å². The van der Waals surface area contributed by atoms with Gasteiger partial charge < -0.3 is 23.8 Å². The maximum Gasteiger partial charge on any atom is 0.573 e. The summed E-state index contributed by atoms with van der Waals surface area (Å²) in [6.45, 7) is 4.44. The minimum atomic E-state index is -4.78. The second kappa shape index (κ2) is 12.7. The number of fused-ring (bicyclic) bond motifs is 1. The van der Waals surface area contributed by atoms with Gasteiger partial charge in [0, 0.05) is 45.2 Å². The predicted molar refractivity (Wildman–Crippen MR) is 151 cm³/mol. The largest absolute Gasteiger partial charge is 0.573 e. The van der Waals surface area contributed by atoms with Crippen LogP contribution in [0.15, 0.2) is 66.7 Å². The molecule has 0 bridgehead atoms. The minimum absolute atomic E-state index is 0.101. The van der Waals surface area contributed by atoms with Crippen LogP contribution in [0.4, 0.5) is 23.2 Å². The molecule has 7 nitrogen and oxygen atoms in total. The fourth-order valence-electron chi connectivity index (χ4n) is 5.04. The van der Waals surface area contributed by atoms with Gasteiger partial charge in [-0.2, -0.15) is 0 Å². The van der Waals surface area contributed by atoms with Gasteiger partial charge in [-0.3, -0.25) is 4.79 Å². The van der Waals surface area contributed by atoms with Gasteiger partial charge in [-0.15, -0.1) is 13.2 Å². The monoisotopic (exact) mass is 584 g/mol. The Balaban J connectivity index is 1.42. The van der Waals surface area contributed by atoms with Gasteiger partial charge >= 0.3 is 6.36 Å². The van der Waals surface area contributed by atoms with E-state index < -0.39 is 12.2 Å². The molecule has 11 heteroatoms. The molecule has 0 unspecified atom stereocenters. The Morgan fingerprint density at radius 2 is 1.67 bits per heavy atom. The number of rotatable bonds is 10. The van der Waals surface area contributed by atoms with E-state index in [0.29, 0.717) is 66.5 Å². The molecule has 222 valence electrons. The average Bonchev–Trinajstić information content (AvgIpc) is 3.30. The molecular weight excluding hydrogens is 552 g/mol. The smallest absolute Gasteiger partial charge is 0.486 e. The lowest BCUT2D eigenvalue weighted by atomic mass is 10.1. The summed E-state index contributed by atoms with van der Waals surface area (Å²) in [5.74, 6) is 0.573. The summed E-state index contributed by atoms with van der Waals surface area (Å²) in [7, 11) is 0. The number of piperazine rings is 1. The van der Waals surface area contributed by atoms with Crippen molar-refractivity contribution in [1.82, 2.24) is 14.5 Å². The molecule has 0 atom stereocenters. The topological polar surface area (TPSA) is 59.8 Å². The van der Waals surface area contributed by atoms with Gasteiger partial charge in [0.05, 0.1) is 16.7 Å². The molecule has 0 N–H and O–H groups in total. The Labute approximate surface area is 241 Å². The molecule has 1 aromatic heterocycles. The Kier molecular flexibility index (Phi) is 8.84. The first-order valence-corrected chi connectivity index (χ1v) is 13.9. The van der Waals surface area contributed by atoms with Crippen LogP contribution < -0.4 is 14.4 Å². The first-order chi connectivity index (χ1) is 20.2. The fourth-order valence-corrected chi connectivity index (χ4v) is 5.04. The van der Waals surface area contributed by atoms with E-state index in [4.69, 9.17) is 4.74 Å². The number of carbonyl (C=O) groups excluding carboxylic acids is 1. The molecule has 5 rings (SSSR count). The quantitative estimate of drug-likeness (QED) is 0.198. The molecule has 0 spiro atoms. The van der Waals surface area contributed by atoms with Gasteiger partial charge in [0.15, 0.2) is 0 Å². The summed E-state index contributed by atoms with van der Waals surface area (Å²) in [6.07, 6.45) is -2.46. The minimum Gasteiger partial charge on any atom is -0.486 e. The van der Waals surface area contributed by atoms with Crippen molar-refractivity contribution in [3.63, 3.8) is 0 Å². The molecule has 1 aliphatic rings. The first-order valence-electron chi connectivity index (χ1n) is 13.9. The van der Waals surface area contributed by atoms with Crippen LogP contribution in [0, 0.1) is 5.82 Å². The molecular formula is C31H32F4N4O3. The number of unbranched alkanes of at least 4 members (excludes halogenated alkanes) is 1. The van der Waals surface area contributed by atoms with Crippen LogP contribution in [-0.2, 0) is 17.9 Å². The van der Waals surface area contributed by atoms with Crippen molar-refractivity contribution < 1.29 is 31.8 Å². The Morgan fingerprint density at radius 3 is 2.33 bits per heavy atom. The zero-order chi connectivity index (χ0) is 29.7.